The Bertz CT molecular complexity index is 1780. The number of hydrogen-bond acceptors (Lipinski definition) is 6. The van der Waals surface area contributed by atoms with Gasteiger partial charge in [-0.05, 0) is 99.7 Å². The zero-order chi connectivity index (χ0) is 32.2. The second kappa shape index (κ2) is 13.7. The molecular weight excluding hydrogens is 582 g/mol. The number of fused-ring (bicyclic) bond motifs is 1. The SMILES string of the molecule is Cc1nc(C(=O)NC2CCC2)ccc1-c1ccc(C[C@H](NC(=O)C2CCC(CN)CC2)C(=O)Nc2ccc3[nH]c(=O)[nH]c3c2)cc1. The van der Waals surface area contributed by atoms with Crippen molar-refractivity contribution in [2.75, 3.05) is 11.9 Å². The summed E-state index contributed by atoms with van der Waals surface area (Å²) in [6.07, 6.45) is 6.78. The highest BCUT2D eigenvalue weighted by Crippen LogP contribution is 2.29. The third-order valence-electron chi connectivity index (χ3n) is 9.43. The maximum atomic E-state index is 13.6. The smallest absolute Gasteiger partial charge is 0.323 e. The average molecular weight is 624 g/mol. The second-order valence-corrected chi connectivity index (χ2v) is 12.7. The number of H-pyrrole nitrogens is 2. The fraction of sp³-hybridized carbons (Fsp3) is 0.400. The number of amides is 3. The molecule has 0 bridgehead atoms. The van der Waals surface area contributed by atoms with Crippen LogP contribution in [-0.4, -0.2) is 51.3 Å². The van der Waals surface area contributed by atoms with Crippen LogP contribution in [0.5, 0.6) is 0 Å². The average Bonchev–Trinajstić information content (AvgIpc) is 3.42. The molecule has 1 atom stereocenters. The summed E-state index contributed by atoms with van der Waals surface area (Å²) in [5, 5.41) is 8.98. The zero-order valence-corrected chi connectivity index (χ0v) is 26.0. The summed E-state index contributed by atoms with van der Waals surface area (Å²) >= 11 is 0. The van der Waals surface area contributed by atoms with Crippen molar-refractivity contribution in [1.29, 1.82) is 0 Å². The predicted octanol–water partition coefficient (Wildman–Crippen LogP) is 3.94. The Kier molecular flexibility index (Phi) is 9.30. The van der Waals surface area contributed by atoms with Gasteiger partial charge >= 0.3 is 5.69 Å². The lowest BCUT2D eigenvalue weighted by molar-refractivity contribution is -0.130. The molecule has 0 unspecified atom stereocenters. The summed E-state index contributed by atoms with van der Waals surface area (Å²) in [6.45, 7) is 2.52. The zero-order valence-electron chi connectivity index (χ0n) is 26.0. The van der Waals surface area contributed by atoms with Crippen LogP contribution in [0.1, 0.15) is 66.7 Å². The summed E-state index contributed by atoms with van der Waals surface area (Å²) in [4.78, 5) is 61.2. The lowest BCUT2D eigenvalue weighted by atomic mass is 9.81. The normalized spacial score (nSPS) is 18.8. The van der Waals surface area contributed by atoms with Crippen LogP contribution < -0.4 is 27.4 Å². The van der Waals surface area contributed by atoms with Gasteiger partial charge in [0.25, 0.3) is 5.91 Å². The first-order valence-corrected chi connectivity index (χ1v) is 16.2. The van der Waals surface area contributed by atoms with E-state index in [-0.39, 0.29) is 41.8 Å². The molecule has 0 radical (unpaired) electrons. The largest absolute Gasteiger partial charge is 0.348 e. The summed E-state index contributed by atoms with van der Waals surface area (Å²) in [5.41, 5.74) is 11.1. The Morgan fingerprint density at radius 2 is 1.67 bits per heavy atom. The molecule has 2 saturated carbocycles. The van der Waals surface area contributed by atoms with Crippen molar-refractivity contribution in [3.05, 3.63) is 82.0 Å². The minimum Gasteiger partial charge on any atom is -0.348 e. The lowest BCUT2D eigenvalue weighted by Crippen LogP contribution is -2.48. The van der Waals surface area contributed by atoms with E-state index in [1.54, 1.807) is 24.3 Å². The first kappa shape index (κ1) is 31.2. The van der Waals surface area contributed by atoms with Crippen LogP contribution in [0.2, 0.25) is 0 Å². The molecule has 7 N–H and O–H groups in total. The lowest BCUT2D eigenvalue weighted by Gasteiger charge is -2.28. The van der Waals surface area contributed by atoms with Crippen LogP contribution in [0.25, 0.3) is 22.2 Å². The first-order chi connectivity index (χ1) is 22.2. The summed E-state index contributed by atoms with van der Waals surface area (Å²) in [7, 11) is 0. The quantitative estimate of drug-likeness (QED) is 0.156. The third-order valence-corrected chi connectivity index (χ3v) is 9.43. The number of nitrogens with two attached hydrogens (primary N) is 1. The monoisotopic (exact) mass is 623 g/mol. The van der Waals surface area contributed by atoms with Crippen molar-refractivity contribution in [2.24, 2.45) is 17.6 Å². The fourth-order valence-electron chi connectivity index (χ4n) is 6.36. The Balaban J connectivity index is 1.17. The van der Waals surface area contributed by atoms with Gasteiger partial charge in [-0.2, -0.15) is 0 Å². The van der Waals surface area contributed by atoms with E-state index in [0.717, 1.165) is 67.3 Å². The van der Waals surface area contributed by atoms with Gasteiger partial charge in [0, 0.05) is 35.3 Å². The molecule has 2 aliphatic rings. The molecule has 2 aromatic heterocycles. The Morgan fingerprint density at radius 3 is 2.35 bits per heavy atom. The van der Waals surface area contributed by atoms with E-state index in [2.05, 4.69) is 30.9 Å². The van der Waals surface area contributed by atoms with Crippen LogP contribution in [0, 0.1) is 18.8 Å². The molecule has 11 heteroatoms. The van der Waals surface area contributed by atoms with Gasteiger partial charge in [-0.15, -0.1) is 0 Å². The van der Waals surface area contributed by atoms with Crippen LogP contribution in [0.3, 0.4) is 0 Å². The first-order valence-electron chi connectivity index (χ1n) is 16.2. The molecule has 0 spiro atoms. The van der Waals surface area contributed by atoms with E-state index in [1.165, 1.54) is 0 Å². The number of imidazole rings is 1. The van der Waals surface area contributed by atoms with Gasteiger partial charge in [-0.25, -0.2) is 9.78 Å². The predicted molar refractivity (Wildman–Crippen MR) is 177 cm³/mol. The highest BCUT2D eigenvalue weighted by atomic mass is 16.2. The van der Waals surface area contributed by atoms with Crippen molar-refractivity contribution >= 4 is 34.4 Å². The number of nitrogens with zero attached hydrogens (tertiary/aromatic N) is 1. The van der Waals surface area contributed by atoms with E-state index in [1.807, 2.05) is 37.3 Å². The van der Waals surface area contributed by atoms with Crippen LogP contribution in [0.15, 0.2) is 59.4 Å². The minimum absolute atomic E-state index is 0.124. The number of benzene rings is 2. The van der Waals surface area contributed by atoms with Gasteiger partial charge in [0.1, 0.15) is 11.7 Å². The number of aryl methyl sites for hydroxylation is 1. The fourth-order valence-corrected chi connectivity index (χ4v) is 6.36. The van der Waals surface area contributed by atoms with Crippen LogP contribution in [0.4, 0.5) is 5.69 Å². The molecule has 2 fully saturated rings. The van der Waals surface area contributed by atoms with Gasteiger partial charge in [0.2, 0.25) is 11.8 Å². The van der Waals surface area contributed by atoms with Gasteiger partial charge in [0.15, 0.2) is 0 Å². The topological polar surface area (TPSA) is 175 Å². The molecule has 3 amide bonds. The van der Waals surface area contributed by atoms with Gasteiger partial charge in [-0.1, -0.05) is 30.3 Å². The summed E-state index contributed by atoms with van der Waals surface area (Å²) in [6, 6.07) is 16.0. The van der Waals surface area contributed by atoms with Crippen molar-refractivity contribution in [3.63, 3.8) is 0 Å². The second-order valence-electron chi connectivity index (χ2n) is 12.7. The van der Waals surface area contributed by atoms with Crippen LogP contribution >= 0.6 is 0 Å². The van der Waals surface area contributed by atoms with Crippen molar-refractivity contribution in [1.82, 2.24) is 25.6 Å². The van der Waals surface area contributed by atoms with Crippen molar-refractivity contribution in [3.8, 4) is 11.1 Å². The van der Waals surface area contributed by atoms with Gasteiger partial charge in [-0.3, -0.25) is 14.4 Å². The van der Waals surface area contributed by atoms with E-state index in [9.17, 15) is 19.2 Å². The van der Waals surface area contributed by atoms with E-state index in [0.29, 0.717) is 34.9 Å². The van der Waals surface area contributed by atoms with E-state index >= 15 is 0 Å². The number of carbonyl (C=O) groups is 3. The molecular formula is C35H41N7O4. The molecule has 2 aromatic carbocycles. The minimum atomic E-state index is -0.816. The Morgan fingerprint density at radius 1 is 0.935 bits per heavy atom. The van der Waals surface area contributed by atoms with Gasteiger partial charge in [0.05, 0.1) is 11.0 Å². The number of nitrogens with one attached hydrogen (secondary N) is 5. The summed E-state index contributed by atoms with van der Waals surface area (Å²) in [5.74, 6) is -0.330. The summed E-state index contributed by atoms with van der Waals surface area (Å²) < 4.78 is 0. The molecule has 46 heavy (non-hydrogen) atoms. The van der Waals surface area contributed by atoms with Gasteiger partial charge < -0.3 is 31.7 Å². The van der Waals surface area contributed by atoms with Crippen LogP contribution in [-0.2, 0) is 16.0 Å². The molecule has 2 heterocycles. The maximum Gasteiger partial charge on any atom is 0.323 e. The highest BCUT2D eigenvalue weighted by Gasteiger charge is 2.29. The molecule has 11 nitrogen and oxygen atoms in total. The number of pyridine rings is 1. The van der Waals surface area contributed by atoms with Crippen molar-refractivity contribution in [2.45, 2.75) is 70.4 Å². The van der Waals surface area contributed by atoms with Crippen molar-refractivity contribution < 1.29 is 14.4 Å². The number of rotatable bonds is 10. The number of carbonyl (C=O) groups excluding carboxylic acids is 3. The molecule has 0 aliphatic heterocycles. The Hall–Kier alpha value is -4.77. The maximum absolute atomic E-state index is 13.6. The third kappa shape index (κ3) is 7.20. The molecule has 0 saturated heterocycles. The number of hydrogen-bond donors (Lipinski definition) is 6. The highest BCUT2D eigenvalue weighted by molar-refractivity contribution is 5.99. The molecule has 2 aliphatic carbocycles. The molecule has 6 rings (SSSR count). The van der Waals surface area contributed by atoms with E-state index < -0.39 is 6.04 Å². The number of anilines is 1. The number of aromatic nitrogens is 3. The van der Waals surface area contributed by atoms with E-state index in [4.69, 9.17) is 5.73 Å². The Labute approximate surface area is 267 Å². The molecule has 240 valence electrons. The molecule has 4 aromatic rings. The standard InChI is InChI=1S/C35H41N7O4/c1-20-27(14-16-29(37-20)33(44)38-25-3-2-4-25)23-9-5-21(6-10-23)17-31(40-32(43)24-11-7-22(19-36)8-12-24)34(45)39-26-13-15-28-30(18-26)42-35(46)41-28/h5-6,9-10,13-16,18,22,24-25,31H,2-4,7-8,11-12,17,19,36H2,1H3,(H,38,44)(H,39,45)(H,40,43)(H2,41,42,46)/t22?,24?,31-/m0/s1. The number of aromatic amines is 2.